The summed E-state index contributed by atoms with van der Waals surface area (Å²) in [5.74, 6) is 1.98. The first kappa shape index (κ1) is 15.0. The highest BCUT2D eigenvalue weighted by Crippen LogP contribution is 2.35. The Kier molecular flexibility index (Phi) is 4.23. The zero-order chi connectivity index (χ0) is 16.2. The van der Waals surface area contributed by atoms with Crippen molar-refractivity contribution in [3.63, 3.8) is 0 Å². The van der Waals surface area contributed by atoms with Gasteiger partial charge < -0.3 is 24.1 Å². The van der Waals surface area contributed by atoms with E-state index >= 15 is 0 Å². The average molecular weight is 316 g/mol. The van der Waals surface area contributed by atoms with Gasteiger partial charge in [-0.1, -0.05) is 6.07 Å². The third kappa shape index (κ3) is 3.31. The van der Waals surface area contributed by atoms with Gasteiger partial charge in [-0.2, -0.15) is 0 Å². The fourth-order valence-electron chi connectivity index (χ4n) is 2.27. The SMILES string of the molecule is CC(=O)c1c(O)cccc1OCCOc1ccc2c(c1)OCO2. The number of phenols is 1. The molecule has 1 aliphatic rings. The molecule has 6 heteroatoms. The molecule has 0 spiro atoms. The van der Waals surface area contributed by atoms with Gasteiger partial charge in [0.25, 0.3) is 0 Å². The van der Waals surface area contributed by atoms with Crippen molar-refractivity contribution in [1.82, 2.24) is 0 Å². The van der Waals surface area contributed by atoms with E-state index in [4.69, 9.17) is 18.9 Å². The summed E-state index contributed by atoms with van der Waals surface area (Å²) in [6.45, 7) is 2.11. The van der Waals surface area contributed by atoms with E-state index in [1.807, 2.05) is 0 Å². The molecular weight excluding hydrogens is 300 g/mol. The summed E-state index contributed by atoms with van der Waals surface area (Å²) in [4.78, 5) is 11.6. The molecular formula is C17H16O6. The summed E-state index contributed by atoms with van der Waals surface area (Å²) in [6, 6.07) is 10.0. The van der Waals surface area contributed by atoms with Crippen molar-refractivity contribution in [2.75, 3.05) is 20.0 Å². The minimum Gasteiger partial charge on any atom is -0.507 e. The van der Waals surface area contributed by atoms with E-state index in [1.165, 1.54) is 13.0 Å². The second kappa shape index (κ2) is 6.48. The molecule has 1 N–H and O–H groups in total. The number of phenolic OH excluding ortho intramolecular Hbond substituents is 1. The van der Waals surface area contributed by atoms with Crippen LogP contribution in [0.25, 0.3) is 0 Å². The Labute approximate surface area is 133 Å². The molecule has 1 heterocycles. The van der Waals surface area contributed by atoms with Crippen LogP contribution in [0.15, 0.2) is 36.4 Å². The average Bonchev–Trinajstić information content (AvgIpc) is 2.99. The maximum absolute atomic E-state index is 11.6. The number of ketones is 1. The van der Waals surface area contributed by atoms with Gasteiger partial charge in [-0.25, -0.2) is 0 Å². The maximum Gasteiger partial charge on any atom is 0.231 e. The highest BCUT2D eigenvalue weighted by Gasteiger charge is 2.15. The number of carbonyl (C=O) groups is 1. The molecule has 2 aromatic carbocycles. The van der Waals surface area contributed by atoms with Gasteiger partial charge in [-0.15, -0.1) is 0 Å². The summed E-state index contributed by atoms with van der Waals surface area (Å²) in [6.07, 6.45) is 0. The van der Waals surface area contributed by atoms with E-state index in [0.717, 1.165) is 0 Å². The fraction of sp³-hybridized carbons (Fsp3) is 0.235. The zero-order valence-corrected chi connectivity index (χ0v) is 12.6. The molecule has 2 aromatic rings. The van der Waals surface area contributed by atoms with E-state index in [1.54, 1.807) is 30.3 Å². The predicted octanol–water partition coefficient (Wildman–Crippen LogP) is 2.78. The van der Waals surface area contributed by atoms with Crippen LogP contribution in [0.4, 0.5) is 0 Å². The summed E-state index contributed by atoms with van der Waals surface area (Å²) in [7, 11) is 0. The number of aromatic hydroxyl groups is 1. The molecule has 23 heavy (non-hydrogen) atoms. The normalized spacial score (nSPS) is 12.0. The zero-order valence-electron chi connectivity index (χ0n) is 12.6. The largest absolute Gasteiger partial charge is 0.507 e. The third-order valence-corrected chi connectivity index (χ3v) is 3.31. The van der Waals surface area contributed by atoms with E-state index in [9.17, 15) is 9.90 Å². The van der Waals surface area contributed by atoms with Crippen molar-refractivity contribution >= 4 is 5.78 Å². The van der Waals surface area contributed by atoms with Crippen LogP contribution in [0.1, 0.15) is 17.3 Å². The van der Waals surface area contributed by atoms with Crippen molar-refractivity contribution in [3.05, 3.63) is 42.0 Å². The number of fused-ring (bicyclic) bond motifs is 1. The lowest BCUT2D eigenvalue weighted by Gasteiger charge is -2.12. The first-order valence-corrected chi connectivity index (χ1v) is 7.13. The number of ether oxygens (including phenoxy) is 4. The molecule has 0 amide bonds. The number of Topliss-reactive ketones (excluding diaryl/α,β-unsaturated/α-hetero) is 1. The molecule has 0 unspecified atom stereocenters. The van der Waals surface area contributed by atoms with Gasteiger partial charge in [-0.3, -0.25) is 4.79 Å². The number of carbonyl (C=O) groups excluding carboxylic acids is 1. The monoisotopic (exact) mass is 316 g/mol. The van der Waals surface area contributed by atoms with Gasteiger partial charge in [0.15, 0.2) is 17.3 Å². The van der Waals surface area contributed by atoms with Gasteiger partial charge >= 0.3 is 0 Å². The van der Waals surface area contributed by atoms with Crippen LogP contribution in [-0.4, -0.2) is 30.9 Å². The molecule has 0 radical (unpaired) electrons. The van der Waals surface area contributed by atoms with Crippen LogP contribution >= 0.6 is 0 Å². The Balaban J connectivity index is 1.56. The summed E-state index contributed by atoms with van der Waals surface area (Å²) < 4.78 is 21.6. The molecule has 6 nitrogen and oxygen atoms in total. The molecule has 1 aliphatic heterocycles. The quantitative estimate of drug-likeness (QED) is 0.652. The number of hydrogen-bond acceptors (Lipinski definition) is 6. The molecule has 0 atom stereocenters. The third-order valence-electron chi connectivity index (χ3n) is 3.31. The summed E-state index contributed by atoms with van der Waals surface area (Å²) >= 11 is 0. The van der Waals surface area contributed by atoms with E-state index in [2.05, 4.69) is 0 Å². The second-order valence-corrected chi connectivity index (χ2v) is 4.92. The van der Waals surface area contributed by atoms with Gasteiger partial charge in [0.1, 0.15) is 36.0 Å². The van der Waals surface area contributed by atoms with Crippen LogP contribution in [0, 0.1) is 0 Å². The van der Waals surface area contributed by atoms with Gasteiger partial charge in [0.05, 0.1) is 0 Å². The maximum atomic E-state index is 11.6. The molecule has 3 rings (SSSR count). The van der Waals surface area contributed by atoms with Crippen LogP contribution < -0.4 is 18.9 Å². The number of benzene rings is 2. The van der Waals surface area contributed by atoms with Crippen LogP contribution in [-0.2, 0) is 0 Å². The van der Waals surface area contributed by atoms with Crippen molar-refractivity contribution in [3.8, 4) is 28.7 Å². The van der Waals surface area contributed by atoms with Gasteiger partial charge in [-0.05, 0) is 31.2 Å². The Morgan fingerprint density at radius 2 is 1.91 bits per heavy atom. The van der Waals surface area contributed by atoms with Crippen LogP contribution in [0.5, 0.6) is 28.7 Å². The highest BCUT2D eigenvalue weighted by molar-refractivity contribution is 5.99. The van der Waals surface area contributed by atoms with Gasteiger partial charge in [0.2, 0.25) is 6.79 Å². The topological polar surface area (TPSA) is 74.2 Å². The smallest absolute Gasteiger partial charge is 0.231 e. The summed E-state index contributed by atoms with van der Waals surface area (Å²) in [5, 5.41) is 9.73. The Morgan fingerprint density at radius 1 is 1.13 bits per heavy atom. The van der Waals surface area contributed by atoms with Gasteiger partial charge in [0, 0.05) is 6.07 Å². The summed E-state index contributed by atoms with van der Waals surface area (Å²) in [5.41, 5.74) is 0.176. The molecule has 0 aliphatic carbocycles. The minimum absolute atomic E-state index is 0.0910. The predicted molar refractivity (Wildman–Crippen MR) is 81.7 cm³/mol. The molecule has 0 fully saturated rings. The van der Waals surface area contributed by atoms with E-state index < -0.39 is 0 Å². The van der Waals surface area contributed by atoms with Crippen molar-refractivity contribution in [2.24, 2.45) is 0 Å². The lowest BCUT2D eigenvalue weighted by atomic mass is 10.1. The highest BCUT2D eigenvalue weighted by atomic mass is 16.7. The molecule has 0 bridgehead atoms. The fourth-order valence-corrected chi connectivity index (χ4v) is 2.27. The molecule has 120 valence electrons. The van der Waals surface area contributed by atoms with E-state index in [0.29, 0.717) is 23.0 Å². The molecule has 0 aromatic heterocycles. The van der Waals surface area contributed by atoms with Crippen LogP contribution in [0.3, 0.4) is 0 Å². The number of hydrogen-bond donors (Lipinski definition) is 1. The Hall–Kier alpha value is -2.89. The molecule has 0 saturated carbocycles. The van der Waals surface area contributed by atoms with E-state index in [-0.39, 0.29) is 37.1 Å². The van der Waals surface area contributed by atoms with Crippen LogP contribution in [0.2, 0.25) is 0 Å². The first-order chi connectivity index (χ1) is 11.1. The van der Waals surface area contributed by atoms with Crippen molar-refractivity contribution in [1.29, 1.82) is 0 Å². The van der Waals surface area contributed by atoms with Crippen molar-refractivity contribution < 1.29 is 28.8 Å². The minimum atomic E-state index is -0.255. The Bertz CT molecular complexity index is 725. The Morgan fingerprint density at radius 3 is 2.74 bits per heavy atom. The lowest BCUT2D eigenvalue weighted by Crippen LogP contribution is -2.10. The van der Waals surface area contributed by atoms with Crippen molar-refractivity contribution in [2.45, 2.75) is 6.92 Å². The standard InChI is InChI=1S/C17H16O6/c1-11(18)17-13(19)3-2-4-15(17)21-8-7-20-12-5-6-14-16(9-12)23-10-22-14/h2-6,9,19H,7-8,10H2,1H3. The second-order valence-electron chi connectivity index (χ2n) is 4.92. The number of rotatable bonds is 6. The first-order valence-electron chi connectivity index (χ1n) is 7.13. The molecule has 0 saturated heterocycles. The lowest BCUT2D eigenvalue weighted by molar-refractivity contribution is 0.100.